The van der Waals surface area contributed by atoms with Gasteiger partial charge in [0.05, 0.1) is 4.90 Å². The summed E-state index contributed by atoms with van der Waals surface area (Å²) in [4.78, 5) is 3.55. The molecule has 1 aromatic carbocycles. The Morgan fingerprint density at radius 2 is 1.78 bits per heavy atom. The predicted octanol–water partition coefficient (Wildman–Crippen LogP) is 2.33. The number of hydrogen-bond donors (Lipinski definition) is 1. The number of aromatic nitrogens is 1. The monoisotopic (exact) mass is 266 g/mol. The van der Waals surface area contributed by atoms with E-state index in [4.69, 9.17) is 0 Å². The highest BCUT2D eigenvalue weighted by atomic mass is 32.2. The molecule has 1 aromatic heterocycles. The number of nitrogens with zero attached hydrogens (tertiary/aromatic N) is 1. The van der Waals surface area contributed by atoms with Gasteiger partial charge in [-0.3, -0.25) is 4.72 Å². The van der Waals surface area contributed by atoms with E-state index in [-0.39, 0.29) is 10.7 Å². The van der Waals surface area contributed by atoms with Gasteiger partial charge in [-0.1, -0.05) is 23.8 Å². The van der Waals surface area contributed by atoms with Crippen LogP contribution in [0.5, 0.6) is 0 Å². The molecule has 2 rings (SSSR count). The van der Waals surface area contributed by atoms with Crippen LogP contribution < -0.4 is 4.72 Å². The molecule has 6 heteroatoms. The van der Waals surface area contributed by atoms with Crippen molar-refractivity contribution < 1.29 is 12.8 Å². The zero-order chi connectivity index (χ0) is 13.2. The maximum atomic E-state index is 12.9. The second kappa shape index (κ2) is 4.73. The molecular formula is C12H11FN2O2S. The third-order valence-electron chi connectivity index (χ3n) is 2.29. The number of aryl methyl sites for hydroxylation is 1. The van der Waals surface area contributed by atoms with E-state index in [1.165, 1.54) is 24.3 Å². The van der Waals surface area contributed by atoms with E-state index >= 15 is 0 Å². The average Bonchev–Trinajstić information content (AvgIpc) is 2.29. The molecule has 0 fully saturated rings. The van der Waals surface area contributed by atoms with E-state index in [0.717, 1.165) is 11.6 Å². The molecule has 1 N–H and O–H groups in total. The molecule has 0 atom stereocenters. The third-order valence-corrected chi connectivity index (χ3v) is 3.66. The maximum absolute atomic E-state index is 12.9. The summed E-state index contributed by atoms with van der Waals surface area (Å²) in [5.74, 6) is -0.783. The molecule has 0 saturated heterocycles. The second-order valence-electron chi connectivity index (χ2n) is 3.76. The van der Waals surface area contributed by atoms with Crippen molar-refractivity contribution in [2.75, 3.05) is 4.72 Å². The Morgan fingerprint density at radius 3 is 2.39 bits per heavy atom. The Kier molecular flexibility index (Phi) is 3.29. The van der Waals surface area contributed by atoms with Crippen LogP contribution in [0.3, 0.4) is 0 Å². The number of nitrogens with one attached hydrogen (secondary N) is 1. The average molecular weight is 266 g/mol. The first-order valence-electron chi connectivity index (χ1n) is 5.19. The zero-order valence-electron chi connectivity index (χ0n) is 9.59. The number of pyridine rings is 1. The van der Waals surface area contributed by atoms with Crippen LogP contribution in [-0.4, -0.2) is 13.4 Å². The molecule has 0 aliphatic rings. The SMILES string of the molecule is Cc1ccc(S(=O)(=O)Nc2cccc(F)n2)cc1. The van der Waals surface area contributed by atoms with E-state index in [0.29, 0.717) is 0 Å². The summed E-state index contributed by atoms with van der Waals surface area (Å²) in [7, 11) is -3.73. The van der Waals surface area contributed by atoms with E-state index in [9.17, 15) is 12.8 Å². The summed E-state index contributed by atoms with van der Waals surface area (Å²) >= 11 is 0. The van der Waals surface area contributed by atoms with E-state index in [1.54, 1.807) is 12.1 Å². The van der Waals surface area contributed by atoms with Crippen molar-refractivity contribution in [3.05, 3.63) is 54.0 Å². The van der Waals surface area contributed by atoms with E-state index < -0.39 is 16.0 Å². The largest absolute Gasteiger partial charge is 0.263 e. The molecule has 1 heterocycles. The Balaban J connectivity index is 2.30. The van der Waals surface area contributed by atoms with Gasteiger partial charge in [0.2, 0.25) is 5.95 Å². The van der Waals surface area contributed by atoms with Crippen molar-refractivity contribution >= 4 is 15.8 Å². The number of rotatable bonds is 3. The first-order chi connectivity index (χ1) is 8.47. The van der Waals surface area contributed by atoms with Gasteiger partial charge in [0.15, 0.2) is 0 Å². The highest BCUT2D eigenvalue weighted by molar-refractivity contribution is 7.92. The Hall–Kier alpha value is -1.95. The highest BCUT2D eigenvalue weighted by Gasteiger charge is 2.14. The second-order valence-corrected chi connectivity index (χ2v) is 5.45. The van der Waals surface area contributed by atoms with Gasteiger partial charge in [-0.15, -0.1) is 0 Å². The smallest absolute Gasteiger partial charge is 0.263 e. The molecule has 0 aliphatic carbocycles. The summed E-state index contributed by atoms with van der Waals surface area (Å²) in [5.41, 5.74) is 0.956. The van der Waals surface area contributed by atoms with Crippen molar-refractivity contribution in [3.63, 3.8) is 0 Å². The molecular weight excluding hydrogens is 255 g/mol. The van der Waals surface area contributed by atoms with Gasteiger partial charge in [-0.05, 0) is 31.2 Å². The number of anilines is 1. The summed E-state index contributed by atoms with van der Waals surface area (Å²) in [6, 6.07) is 10.3. The lowest BCUT2D eigenvalue weighted by Gasteiger charge is -2.07. The normalized spacial score (nSPS) is 11.2. The Bertz CT molecular complexity index is 654. The Labute approximate surface area is 105 Å². The van der Waals surface area contributed by atoms with Crippen LogP contribution in [0.2, 0.25) is 0 Å². The van der Waals surface area contributed by atoms with E-state index in [1.807, 2.05) is 6.92 Å². The van der Waals surface area contributed by atoms with Gasteiger partial charge in [-0.25, -0.2) is 13.4 Å². The topological polar surface area (TPSA) is 59.1 Å². The van der Waals surface area contributed by atoms with Crippen LogP contribution in [0, 0.1) is 12.9 Å². The molecule has 0 unspecified atom stereocenters. The lowest BCUT2D eigenvalue weighted by molar-refractivity contribution is 0.584. The molecule has 2 aromatic rings. The van der Waals surface area contributed by atoms with Crippen LogP contribution in [0.25, 0.3) is 0 Å². The lowest BCUT2D eigenvalue weighted by Crippen LogP contribution is -2.14. The van der Waals surface area contributed by atoms with Crippen molar-refractivity contribution in [1.82, 2.24) is 4.98 Å². The predicted molar refractivity (Wildman–Crippen MR) is 66.2 cm³/mol. The van der Waals surface area contributed by atoms with Gasteiger partial charge in [-0.2, -0.15) is 4.39 Å². The summed E-state index contributed by atoms with van der Waals surface area (Å²) < 4.78 is 39.0. The fraction of sp³-hybridized carbons (Fsp3) is 0.0833. The standard InChI is InChI=1S/C12H11FN2O2S/c1-9-5-7-10(8-6-9)18(16,17)15-12-4-2-3-11(13)14-12/h2-8H,1H3,(H,14,15). The highest BCUT2D eigenvalue weighted by Crippen LogP contribution is 2.14. The lowest BCUT2D eigenvalue weighted by atomic mass is 10.2. The summed E-state index contributed by atoms with van der Waals surface area (Å²) in [5, 5.41) is 0. The van der Waals surface area contributed by atoms with Crippen molar-refractivity contribution in [2.24, 2.45) is 0 Å². The molecule has 0 aliphatic heterocycles. The molecule has 0 amide bonds. The summed E-state index contributed by atoms with van der Waals surface area (Å²) in [6.07, 6.45) is 0. The molecule has 0 spiro atoms. The van der Waals surface area contributed by atoms with Crippen LogP contribution in [0.4, 0.5) is 10.2 Å². The number of sulfonamides is 1. The minimum atomic E-state index is -3.73. The minimum absolute atomic E-state index is 0.0458. The molecule has 0 saturated carbocycles. The van der Waals surface area contributed by atoms with Crippen molar-refractivity contribution in [3.8, 4) is 0 Å². The van der Waals surface area contributed by atoms with Crippen LogP contribution in [-0.2, 0) is 10.0 Å². The number of hydrogen-bond acceptors (Lipinski definition) is 3. The Morgan fingerprint density at radius 1 is 1.11 bits per heavy atom. The summed E-state index contributed by atoms with van der Waals surface area (Å²) in [6.45, 7) is 1.86. The molecule has 4 nitrogen and oxygen atoms in total. The van der Waals surface area contributed by atoms with Crippen LogP contribution >= 0.6 is 0 Å². The molecule has 18 heavy (non-hydrogen) atoms. The fourth-order valence-electron chi connectivity index (χ4n) is 1.38. The van der Waals surface area contributed by atoms with Crippen LogP contribution in [0.1, 0.15) is 5.56 Å². The molecule has 0 bridgehead atoms. The van der Waals surface area contributed by atoms with Crippen molar-refractivity contribution in [2.45, 2.75) is 11.8 Å². The molecule has 0 radical (unpaired) electrons. The number of halogens is 1. The first kappa shape index (κ1) is 12.5. The van der Waals surface area contributed by atoms with Gasteiger partial charge in [0.1, 0.15) is 5.82 Å². The number of benzene rings is 1. The van der Waals surface area contributed by atoms with Crippen molar-refractivity contribution in [1.29, 1.82) is 0 Å². The minimum Gasteiger partial charge on any atom is -0.263 e. The van der Waals surface area contributed by atoms with Gasteiger partial charge >= 0.3 is 0 Å². The zero-order valence-corrected chi connectivity index (χ0v) is 10.4. The van der Waals surface area contributed by atoms with E-state index in [2.05, 4.69) is 9.71 Å². The van der Waals surface area contributed by atoms with Gasteiger partial charge in [0, 0.05) is 0 Å². The molecule has 94 valence electrons. The fourth-order valence-corrected chi connectivity index (χ4v) is 2.38. The first-order valence-corrected chi connectivity index (χ1v) is 6.68. The van der Waals surface area contributed by atoms with Gasteiger partial charge < -0.3 is 0 Å². The van der Waals surface area contributed by atoms with Gasteiger partial charge in [0.25, 0.3) is 10.0 Å². The quantitative estimate of drug-likeness (QED) is 0.867. The maximum Gasteiger partial charge on any atom is 0.263 e. The third kappa shape index (κ3) is 2.84. The van der Waals surface area contributed by atoms with Crippen LogP contribution in [0.15, 0.2) is 47.4 Å².